The molecule has 0 aliphatic rings. The Morgan fingerprint density at radius 3 is 1.45 bits per heavy atom. The summed E-state index contributed by atoms with van der Waals surface area (Å²) in [5.41, 5.74) is -0.563. The molecule has 2 atom stereocenters. The van der Waals surface area contributed by atoms with Crippen LogP contribution in [0.25, 0.3) is 0 Å². The lowest BCUT2D eigenvalue weighted by Gasteiger charge is -2.42. The molecule has 0 aromatic carbocycles. The molecule has 2 unspecified atom stereocenters. The normalized spacial score (nSPS) is 18.0. The largest absolute Gasteiger partial charge is 0.396 e. The maximum Gasteiger partial charge on any atom is 0.0518 e. The number of aliphatic hydroxyl groups is 5. The van der Waals surface area contributed by atoms with Gasteiger partial charge in [0, 0.05) is 25.2 Å². The van der Waals surface area contributed by atoms with Gasteiger partial charge in [0.25, 0.3) is 0 Å². The molecule has 20 heavy (non-hydrogen) atoms. The van der Waals surface area contributed by atoms with Crippen LogP contribution in [0.5, 0.6) is 0 Å². The van der Waals surface area contributed by atoms with Crippen molar-refractivity contribution in [2.75, 3.05) is 19.8 Å². The predicted molar refractivity (Wildman–Crippen MR) is 78.2 cm³/mol. The Hall–Kier alpha value is -0.200. The molecule has 5 heteroatoms. The molecule has 0 fully saturated rings. The molecule has 5 nitrogen and oxygen atoms in total. The molecule has 0 aromatic heterocycles. The lowest BCUT2D eigenvalue weighted by molar-refractivity contribution is -0.0325. The Kier molecular flexibility index (Phi) is 10.4. The maximum atomic E-state index is 9.90. The van der Waals surface area contributed by atoms with E-state index in [9.17, 15) is 15.3 Å². The van der Waals surface area contributed by atoms with Crippen LogP contribution in [-0.2, 0) is 0 Å². The summed E-state index contributed by atoms with van der Waals surface area (Å²) in [6.07, 6.45) is 2.38. The Labute approximate surface area is 122 Å². The van der Waals surface area contributed by atoms with E-state index in [1.54, 1.807) is 13.8 Å². The summed E-state index contributed by atoms with van der Waals surface area (Å²) in [5.74, 6) is 0.0657. The zero-order valence-electron chi connectivity index (χ0n) is 12.8. The standard InChI is InChI=1S/C15H32O5/c1-12(19)9-15(11-18,10-13(2)20)14(5-3-7-16)6-4-8-17/h12-14,16-20H,3-11H2,1-2H3. The summed E-state index contributed by atoms with van der Waals surface area (Å²) >= 11 is 0. The smallest absolute Gasteiger partial charge is 0.0518 e. The second kappa shape index (κ2) is 10.5. The maximum absolute atomic E-state index is 9.90. The van der Waals surface area contributed by atoms with Crippen LogP contribution in [0.1, 0.15) is 52.4 Å². The van der Waals surface area contributed by atoms with Gasteiger partial charge < -0.3 is 25.5 Å². The summed E-state index contributed by atoms with van der Waals surface area (Å²) in [6.45, 7) is 3.43. The summed E-state index contributed by atoms with van der Waals surface area (Å²) in [6, 6.07) is 0. The van der Waals surface area contributed by atoms with Gasteiger partial charge in [0.2, 0.25) is 0 Å². The van der Waals surface area contributed by atoms with Gasteiger partial charge >= 0.3 is 0 Å². The van der Waals surface area contributed by atoms with Crippen LogP contribution in [-0.4, -0.2) is 57.6 Å². The third-order valence-electron chi connectivity index (χ3n) is 4.01. The number of aliphatic hydroxyl groups excluding tert-OH is 5. The fraction of sp³-hybridized carbons (Fsp3) is 1.00. The van der Waals surface area contributed by atoms with E-state index < -0.39 is 17.6 Å². The molecule has 0 spiro atoms. The van der Waals surface area contributed by atoms with Crippen molar-refractivity contribution in [1.82, 2.24) is 0 Å². The Morgan fingerprint density at radius 1 is 0.800 bits per heavy atom. The van der Waals surface area contributed by atoms with Crippen LogP contribution in [0.4, 0.5) is 0 Å². The van der Waals surface area contributed by atoms with E-state index in [0.29, 0.717) is 25.7 Å². The minimum Gasteiger partial charge on any atom is -0.396 e. The highest BCUT2D eigenvalue weighted by atomic mass is 16.3. The second-order valence-electron chi connectivity index (χ2n) is 6.06. The summed E-state index contributed by atoms with van der Waals surface area (Å²) in [4.78, 5) is 0. The van der Waals surface area contributed by atoms with E-state index in [1.165, 1.54) is 0 Å². The zero-order valence-corrected chi connectivity index (χ0v) is 12.8. The van der Waals surface area contributed by atoms with E-state index >= 15 is 0 Å². The molecular formula is C15H32O5. The molecule has 0 radical (unpaired) electrons. The minimum atomic E-state index is -0.563. The van der Waals surface area contributed by atoms with Gasteiger partial charge in [-0.1, -0.05) is 0 Å². The number of rotatable bonds is 12. The van der Waals surface area contributed by atoms with Crippen molar-refractivity contribution in [3.63, 3.8) is 0 Å². The van der Waals surface area contributed by atoms with E-state index in [-0.39, 0.29) is 25.7 Å². The molecule has 122 valence electrons. The third-order valence-corrected chi connectivity index (χ3v) is 4.01. The van der Waals surface area contributed by atoms with Gasteiger partial charge in [-0.05, 0) is 58.3 Å². The van der Waals surface area contributed by atoms with Crippen molar-refractivity contribution in [1.29, 1.82) is 0 Å². The van der Waals surface area contributed by atoms with Crippen molar-refractivity contribution in [3.8, 4) is 0 Å². The molecule has 0 rings (SSSR count). The molecule has 0 saturated carbocycles. The molecule has 0 heterocycles. The van der Waals surface area contributed by atoms with Crippen LogP contribution in [0, 0.1) is 11.3 Å². The van der Waals surface area contributed by atoms with Gasteiger partial charge in [-0.15, -0.1) is 0 Å². The topological polar surface area (TPSA) is 101 Å². The third kappa shape index (κ3) is 6.99. The van der Waals surface area contributed by atoms with Crippen molar-refractivity contribution < 1.29 is 25.5 Å². The molecule has 0 saturated heterocycles. The van der Waals surface area contributed by atoms with Gasteiger partial charge in [-0.2, -0.15) is 0 Å². The summed E-state index contributed by atoms with van der Waals surface area (Å²) in [7, 11) is 0. The molecular weight excluding hydrogens is 260 g/mol. The minimum absolute atomic E-state index is 0.0657. The quantitative estimate of drug-likeness (QED) is 0.364. The van der Waals surface area contributed by atoms with Gasteiger partial charge in [0.05, 0.1) is 12.2 Å². The summed E-state index contributed by atoms with van der Waals surface area (Å²) < 4.78 is 0. The first kappa shape index (κ1) is 19.8. The molecule has 0 aliphatic carbocycles. The number of hydrogen-bond acceptors (Lipinski definition) is 5. The average Bonchev–Trinajstić information content (AvgIpc) is 2.36. The van der Waals surface area contributed by atoms with E-state index in [1.807, 2.05) is 0 Å². The monoisotopic (exact) mass is 292 g/mol. The predicted octanol–water partition coefficient (Wildman–Crippen LogP) is 0.668. The van der Waals surface area contributed by atoms with Crippen molar-refractivity contribution in [2.24, 2.45) is 11.3 Å². The first-order valence-electron chi connectivity index (χ1n) is 7.60. The molecule has 0 aromatic rings. The second-order valence-corrected chi connectivity index (χ2v) is 6.06. The van der Waals surface area contributed by atoms with Crippen LogP contribution in [0.3, 0.4) is 0 Å². The fourth-order valence-electron chi connectivity index (χ4n) is 3.28. The first-order valence-corrected chi connectivity index (χ1v) is 7.60. The van der Waals surface area contributed by atoms with E-state index in [0.717, 1.165) is 12.8 Å². The molecule has 0 aliphatic heterocycles. The molecule has 5 N–H and O–H groups in total. The Morgan fingerprint density at radius 2 is 1.20 bits per heavy atom. The average molecular weight is 292 g/mol. The van der Waals surface area contributed by atoms with Crippen molar-refractivity contribution >= 4 is 0 Å². The highest BCUT2D eigenvalue weighted by Crippen LogP contribution is 2.42. The van der Waals surface area contributed by atoms with Gasteiger partial charge in [0.15, 0.2) is 0 Å². The lowest BCUT2D eigenvalue weighted by Crippen LogP contribution is -2.40. The van der Waals surface area contributed by atoms with Crippen LogP contribution >= 0.6 is 0 Å². The highest BCUT2D eigenvalue weighted by Gasteiger charge is 2.39. The van der Waals surface area contributed by atoms with Crippen molar-refractivity contribution in [2.45, 2.75) is 64.6 Å². The van der Waals surface area contributed by atoms with Crippen LogP contribution in [0.15, 0.2) is 0 Å². The Balaban J connectivity index is 5.10. The fourth-order valence-corrected chi connectivity index (χ4v) is 3.28. The number of hydrogen-bond donors (Lipinski definition) is 5. The zero-order chi connectivity index (χ0) is 15.6. The molecule has 0 bridgehead atoms. The van der Waals surface area contributed by atoms with Gasteiger partial charge in [-0.3, -0.25) is 0 Å². The molecule has 0 amide bonds. The van der Waals surface area contributed by atoms with Gasteiger partial charge in [-0.25, -0.2) is 0 Å². The first-order chi connectivity index (χ1) is 9.41. The highest BCUT2D eigenvalue weighted by molar-refractivity contribution is 4.89. The lowest BCUT2D eigenvalue weighted by atomic mass is 9.65. The van der Waals surface area contributed by atoms with Crippen molar-refractivity contribution in [3.05, 3.63) is 0 Å². The van der Waals surface area contributed by atoms with Crippen LogP contribution < -0.4 is 0 Å². The Bertz CT molecular complexity index is 212. The van der Waals surface area contributed by atoms with E-state index in [4.69, 9.17) is 10.2 Å². The van der Waals surface area contributed by atoms with Gasteiger partial charge in [0.1, 0.15) is 0 Å². The SMILES string of the molecule is CC(O)CC(CO)(CC(C)O)C(CCCO)CCCO. The van der Waals surface area contributed by atoms with Crippen LogP contribution in [0.2, 0.25) is 0 Å². The summed E-state index contributed by atoms with van der Waals surface area (Å²) in [5, 5.41) is 47.4. The van der Waals surface area contributed by atoms with E-state index in [2.05, 4.69) is 0 Å².